The van der Waals surface area contributed by atoms with Gasteiger partial charge in [0.15, 0.2) is 0 Å². The smallest absolute Gasteiger partial charge is 0.318 e. The van der Waals surface area contributed by atoms with Gasteiger partial charge in [-0.1, -0.05) is 0 Å². The van der Waals surface area contributed by atoms with Crippen LogP contribution in [0.2, 0.25) is 0 Å². The third kappa shape index (κ3) is 2.11. The lowest BCUT2D eigenvalue weighted by Gasteiger charge is -2.09. The lowest BCUT2D eigenvalue weighted by molar-refractivity contribution is -0.150. The molecular weight excluding hydrogens is 126 g/mol. The van der Waals surface area contributed by atoms with Gasteiger partial charge in [-0.15, -0.1) is 0 Å². The molecule has 0 bridgehead atoms. The summed E-state index contributed by atoms with van der Waals surface area (Å²) >= 11 is 0. The van der Waals surface area contributed by atoms with Gasteiger partial charge in [0, 0.05) is 0 Å². The molecule has 0 aliphatic carbocycles. The fraction of sp³-hybridized carbons (Fsp3) is 1.00. The van der Waals surface area contributed by atoms with Gasteiger partial charge in [-0.2, -0.15) is 13.2 Å². The van der Waals surface area contributed by atoms with E-state index in [-0.39, 0.29) is 0 Å². The Morgan fingerprint density at radius 1 is 1.38 bits per heavy atom. The molecule has 0 spiro atoms. The molecule has 1 atom stereocenters. The van der Waals surface area contributed by atoms with Crippen LogP contribution in [0.15, 0.2) is 0 Å². The van der Waals surface area contributed by atoms with Crippen LogP contribution in [-0.2, 0) is 0 Å². The Bertz CT molecular complexity index is 68.2. The number of halogens is 4. The van der Waals surface area contributed by atoms with Crippen LogP contribution in [0.5, 0.6) is 0 Å². The normalized spacial score (nSPS) is 16.1. The lowest BCUT2D eigenvalue weighted by Crippen LogP contribution is -2.38. The van der Waals surface area contributed by atoms with Crippen molar-refractivity contribution < 1.29 is 17.6 Å². The average molecular weight is 131 g/mol. The largest absolute Gasteiger partial charge is 0.406 e. The van der Waals surface area contributed by atoms with Gasteiger partial charge in [0.05, 0.1) is 0 Å². The van der Waals surface area contributed by atoms with Crippen molar-refractivity contribution in [2.45, 2.75) is 12.2 Å². The van der Waals surface area contributed by atoms with E-state index < -0.39 is 18.9 Å². The molecule has 0 heterocycles. The summed E-state index contributed by atoms with van der Waals surface area (Å²) in [5.74, 6) is 0. The second kappa shape index (κ2) is 2.30. The highest BCUT2D eigenvalue weighted by Crippen LogP contribution is 2.17. The highest BCUT2D eigenvalue weighted by Gasteiger charge is 2.36. The topological polar surface area (TPSA) is 26.0 Å². The molecule has 5 heteroatoms. The molecule has 0 radical (unpaired) electrons. The van der Waals surface area contributed by atoms with Gasteiger partial charge in [0.1, 0.15) is 12.7 Å². The summed E-state index contributed by atoms with van der Waals surface area (Å²) in [7, 11) is 0. The third-order valence-electron chi connectivity index (χ3n) is 0.587. The highest BCUT2D eigenvalue weighted by molar-refractivity contribution is 4.67. The summed E-state index contributed by atoms with van der Waals surface area (Å²) in [4.78, 5) is 0. The van der Waals surface area contributed by atoms with Crippen LogP contribution in [0.4, 0.5) is 17.6 Å². The maximum Gasteiger partial charge on any atom is 0.406 e. The summed E-state index contributed by atoms with van der Waals surface area (Å²) in [5, 5.41) is 0. The van der Waals surface area contributed by atoms with Crippen LogP contribution in [0.1, 0.15) is 0 Å². The molecule has 0 fully saturated rings. The van der Waals surface area contributed by atoms with E-state index in [0.29, 0.717) is 0 Å². The summed E-state index contributed by atoms with van der Waals surface area (Å²) < 4.78 is 44.3. The lowest BCUT2D eigenvalue weighted by atomic mass is 10.3. The molecule has 0 saturated heterocycles. The maximum atomic E-state index is 11.1. The van der Waals surface area contributed by atoms with Gasteiger partial charge >= 0.3 is 6.18 Å². The Morgan fingerprint density at radius 2 is 1.75 bits per heavy atom. The van der Waals surface area contributed by atoms with Crippen molar-refractivity contribution in [1.29, 1.82) is 0 Å². The van der Waals surface area contributed by atoms with E-state index in [9.17, 15) is 17.6 Å². The minimum Gasteiger partial charge on any atom is -0.318 e. The minimum absolute atomic E-state index is 1.55. The number of alkyl halides is 4. The van der Waals surface area contributed by atoms with Crippen molar-refractivity contribution >= 4 is 0 Å². The van der Waals surface area contributed by atoms with Crippen molar-refractivity contribution in [2.75, 3.05) is 6.67 Å². The monoisotopic (exact) mass is 131 g/mol. The molecular formula is C3H5F4N. The Hall–Kier alpha value is -0.320. The van der Waals surface area contributed by atoms with Crippen molar-refractivity contribution in [3.63, 3.8) is 0 Å². The predicted octanol–water partition coefficient (Wildman–Crippen LogP) is 0.845. The highest BCUT2D eigenvalue weighted by atomic mass is 19.4. The van der Waals surface area contributed by atoms with Gasteiger partial charge in [0.2, 0.25) is 0 Å². The fourth-order valence-electron chi connectivity index (χ4n) is 0.0875. The van der Waals surface area contributed by atoms with Crippen LogP contribution in [0, 0.1) is 0 Å². The number of hydrogen-bond donors (Lipinski definition) is 1. The van der Waals surface area contributed by atoms with E-state index in [0.717, 1.165) is 0 Å². The van der Waals surface area contributed by atoms with E-state index in [1.54, 1.807) is 0 Å². The molecule has 0 amide bonds. The molecule has 2 N–H and O–H groups in total. The van der Waals surface area contributed by atoms with Gasteiger partial charge in [-0.05, 0) is 0 Å². The van der Waals surface area contributed by atoms with Crippen LogP contribution >= 0.6 is 0 Å². The van der Waals surface area contributed by atoms with Crippen LogP contribution in [-0.4, -0.2) is 18.9 Å². The van der Waals surface area contributed by atoms with Crippen molar-refractivity contribution in [3.05, 3.63) is 0 Å². The van der Waals surface area contributed by atoms with E-state index >= 15 is 0 Å². The Balaban J connectivity index is 3.62. The standard InChI is InChI=1S/C3H5F4N/c4-1-2(8)3(5,6)7/h2H,1,8H2/t2-/m0/s1. The molecule has 0 rings (SSSR count). The fourth-order valence-corrected chi connectivity index (χ4v) is 0.0875. The van der Waals surface area contributed by atoms with Crippen molar-refractivity contribution in [2.24, 2.45) is 5.73 Å². The summed E-state index contributed by atoms with van der Waals surface area (Å²) in [6.45, 7) is -1.55. The molecule has 0 aliphatic rings. The molecule has 0 aliphatic heterocycles. The van der Waals surface area contributed by atoms with E-state index in [1.165, 1.54) is 0 Å². The molecule has 50 valence electrons. The molecule has 0 aromatic carbocycles. The molecule has 0 saturated carbocycles. The minimum atomic E-state index is -4.59. The first-order valence-corrected chi connectivity index (χ1v) is 1.86. The first kappa shape index (κ1) is 7.68. The Labute approximate surface area is 43.5 Å². The zero-order valence-corrected chi connectivity index (χ0v) is 3.87. The molecule has 0 aromatic heterocycles. The third-order valence-corrected chi connectivity index (χ3v) is 0.587. The maximum absolute atomic E-state index is 11.1. The SMILES string of the molecule is N[C@@H](CF)C(F)(F)F. The Morgan fingerprint density at radius 3 is 1.75 bits per heavy atom. The van der Waals surface area contributed by atoms with Crippen molar-refractivity contribution in [3.8, 4) is 0 Å². The quantitative estimate of drug-likeness (QED) is 0.524. The summed E-state index contributed by atoms with van der Waals surface area (Å²) in [6, 6.07) is -2.32. The van der Waals surface area contributed by atoms with E-state index in [2.05, 4.69) is 5.73 Å². The number of hydrogen-bond acceptors (Lipinski definition) is 1. The molecule has 1 nitrogen and oxygen atoms in total. The second-order valence-electron chi connectivity index (χ2n) is 1.30. The Kier molecular flexibility index (Phi) is 2.21. The van der Waals surface area contributed by atoms with Gasteiger partial charge < -0.3 is 5.73 Å². The summed E-state index contributed by atoms with van der Waals surface area (Å²) in [5.41, 5.74) is 4.25. The van der Waals surface area contributed by atoms with Crippen LogP contribution in [0.3, 0.4) is 0 Å². The van der Waals surface area contributed by atoms with Crippen molar-refractivity contribution in [1.82, 2.24) is 0 Å². The summed E-state index contributed by atoms with van der Waals surface area (Å²) in [6.07, 6.45) is -4.59. The first-order chi connectivity index (χ1) is 3.48. The number of nitrogens with two attached hydrogens (primary N) is 1. The van der Waals surface area contributed by atoms with Crippen LogP contribution < -0.4 is 5.73 Å². The zero-order valence-electron chi connectivity index (χ0n) is 3.87. The zero-order chi connectivity index (χ0) is 6.78. The molecule has 8 heavy (non-hydrogen) atoms. The van der Waals surface area contributed by atoms with E-state index in [1.807, 2.05) is 0 Å². The van der Waals surface area contributed by atoms with E-state index in [4.69, 9.17) is 0 Å². The molecule has 0 aromatic rings. The van der Waals surface area contributed by atoms with Gasteiger partial charge in [-0.3, -0.25) is 0 Å². The van der Waals surface area contributed by atoms with Gasteiger partial charge in [0.25, 0.3) is 0 Å². The number of rotatable bonds is 1. The molecule has 0 unspecified atom stereocenters. The first-order valence-electron chi connectivity index (χ1n) is 1.86. The average Bonchev–Trinajstić information content (AvgIpc) is 1.62. The van der Waals surface area contributed by atoms with Crippen LogP contribution in [0.25, 0.3) is 0 Å². The predicted molar refractivity (Wildman–Crippen MR) is 20.0 cm³/mol. The van der Waals surface area contributed by atoms with Gasteiger partial charge in [-0.25, -0.2) is 4.39 Å². The second-order valence-corrected chi connectivity index (χ2v) is 1.30.